The van der Waals surface area contributed by atoms with Crippen LogP contribution < -0.4 is 14.8 Å². The maximum atomic E-state index is 13.1. The van der Waals surface area contributed by atoms with Crippen molar-refractivity contribution in [2.45, 2.75) is 24.8 Å². The third-order valence-corrected chi connectivity index (χ3v) is 6.25. The number of methoxy groups -OCH3 is 2. The summed E-state index contributed by atoms with van der Waals surface area (Å²) in [5.41, 5.74) is 0.636. The molecule has 0 bridgehead atoms. The largest absolute Gasteiger partial charge is 0.493 e. The number of nitrogens with one attached hydrogen (secondary N) is 1. The predicted molar refractivity (Wildman–Crippen MR) is 118 cm³/mol. The molecule has 1 N–H and O–H groups in total. The monoisotopic (exact) mass is 437 g/mol. The Balaban J connectivity index is 1.40. The molecule has 2 aliphatic heterocycles. The lowest BCUT2D eigenvalue weighted by Crippen LogP contribution is -2.55. The highest BCUT2D eigenvalue weighted by Crippen LogP contribution is 2.32. The van der Waals surface area contributed by atoms with Gasteiger partial charge in [0, 0.05) is 25.2 Å². The van der Waals surface area contributed by atoms with E-state index in [0.717, 1.165) is 5.56 Å². The van der Waals surface area contributed by atoms with E-state index in [2.05, 4.69) is 5.32 Å². The molecule has 0 atom stereocenters. The number of nitrogens with zero attached hydrogens (tertiary/aromatic N) is 2. The lowest BCUT2D eigenvalue weighted by atomic mass is 9.87. The molecule has 4 rings (SSSR count). The molecule has 2 heterocycles. The van der Waals surface area contributed by atoms with Crippen molar-refractivity contribution in [3.05, 3.63) is 59.7 Å². The highest BCUT2D eigenvalue weighted by Gasteiger charge is 2.52. The van der Waals surface area contributed by atoms with Crippen LogP contribution in [0, 0.1) is 0 Å². The SMILES string of the molecule is COc1ccc(C(=O)N2CCC3(CC2)NC(=O)N(CCc2ccccc2)C3=O)cc1OC. The molecule has 0 saturated carbocycles. The number of urea groups is 1. The number of carbonyl (C=O) groups excluding carboxylic acids is 3. The first-order valence-electron chi connectivity index (χ1n) is 10.7. The number of rotatable bonds is 6. The van der Waals surface area contributed by atoms with Crippen LogP contribution in [0.25, 0.3) is 0 Å². The zero-order valence-electron chi connectivity index (χ0n) is 18.3. The summed E-state index contributed by atoms with van der Waals surface area (Å²) in [7, 11) is 3.06. The Morgan fingerprint density at radius 1 is 1.00 bits per heavy atom. The van der Waals surface area contributed by atoms with Gasteiger partial charge < -0.3 is 19.7 Å². The van der Waals surface area contributed by atoms with E-state index in [-0.39, 0.29) is 17.8 Å². The third kappa shape index (κ3) is 4.00. The molecule has 2 aliphatic rings. The van der Waals surface area contributed by atoms with Crippen LogP contribution in [0.5, 0.6) is 11.5 Å². The average Bonchev–Trinajstić information content (AvgIpc) is 3.06. The molecule has 2 fully saturated rings. The van der Waals surface area contributed by atoms with Crippen molar-refractivity contribution in [2.24, 2.45) is 0 Å². The number of amides is 4. The van der Waals surface area contributed by atoms with Gasteiger partial charge in [-0.15, -0.1) is 0 Å². The number of piperidine rings is 1. The highest BCUT2D eigenvalue weighted by atomic mass is 16.5. The summed E-state index contributed by atoms with van der Waals surface area (Å²) in [6.45, 7) is 1.10. The van der Waals surface area contributed by atoms with E-state index >= 15 is 0 Å². The van der Waals surface area contributed by atoms with Crippen LogP contribution in [0.4, 0.5) is 4.79 Å². The molecule has 2 aromatic rings. The highest BCUT2D eigenvalue weighted by molar-refractivity contribution is 6.07. The number of likely N-dealkylation sites (tertiary alicyclic amines) is 1. The molecule has 0 aromatic heterocycles. The van der Waals surface area contributed by atoms with Gasteiger partial charge >= 0.3 is 6.03 Å². The number of hydrogen-bond acceptors (Lipinski definition) is 5. The average molecular weight is 437 g/mol. The van der Waals surface area contributed by atoms with Crippen molar-refractivity contribution in [3.8, 4) is 11.5 Å². The van der Waals surface area contributed by atoms with Crippen LogP contribution in [0.15, 0.2) is 48.5 Å². The maximum Gasteiger partial charge on any atom is 0.325 e. The standard InChI is InChI=1S/C24H27N3O5/c1-31-19-9-8-18(16-20(19)32-2)21(28)26-14-11-24(12-15-26)22(29)27(23(30)25-24)13-10-17-6-4-3-5-7-17/h3-9,16H,10-15H2,1-2H3,(H,25,30). The number of hydrogen-bond donors (Lipinski definition) is 1. The van der Waals surface area contributed by atoms with E-state index in [0.29, 0.717) is 56.0 Å². The van der Waals surface area contributed by atoms with Crippen LogP contribution in [0.3, 0.4) is 0 Å². The molecule has 4 amide bonds. The van der Waals surface area contributed by atoms with Gasteiger partial charge in [-0.05, 0) is 43.0 Å². The van der Waals surface area contributed by atoms with Crippen molar-refractivity contribution in [2.75, 3.05) is 33.9 Å². The summed E-state index contributed by atoms with van der Waals surface area (Å²) in [5.74, 6) is 0.700. The minimum absolute atomic E-state index is 0.140. The van der Waals surface area contributed by atoms with Crippen molar-refractivity contribution in [1.29, 1.82) is 0 Å². The van der Waals surface area contributed by atoms with E-state index in [9.17, 15) is 14.4 Å². The minimum Gasteiger partial charge on any atom is -0.493 e. The maximum absolute atomic E-state index is 13.1. The molecule has 1 spiro atoms. The molecule has 0 aliphatic carbocycles. The lowest BCUT2D eigenvalue weighted by Gasteiger charge is -2.37. The number of benzene rings is 2. The Bertz CT molecular complexity index is 1020. The summed E-state index contributed by atoms with van der Waals surface area (Å²) < 4.78 is 10.5. The van der Waals surface area contributed by atoms with Gasteiger partial charge in [-0.3, -0.25) is 14.5 Å². The molecule has 0 unspecified atom stereocenters. The van der Waals surface area contributed by atoms with Crippen LogP contribution in [-0.4, -0.2) is 67.0 Å². The molecule has 8 nitrogen and oxygen atoms in total. The zero-order chi connectivity index (χ0) is 22.7. The fourth-order valence-corrected chi connectivity index (χ4v) is 4.35. The van der Waals surface area contributed by atoms with Crippen molar-refractivity contribution < 1.29 is 23.9 Å². The normalized spacial score (nSPS) is 17.4. The topological polar surface area (TPSA) is 88.2 Å². The summed E-state index contributed by atoms with van der Waals surface area (Å²) in [4.78, 5) is 41.7. The minimum atomic E-state index is -0.928. The van der Waals surface area contributed by atoms with E-state index in [1.54, 1.807) is 30.2 Å². The van der Waals surface area contributed by atoms with Gasteiger partial charge in [0.25, 0.3) is 11.8 Å². The van der Waals surface area contributed by atoms with Crippen LogP contribution in [0.2, 0.25) is 0 Å². The smallest absolute Gasteiger partial charge is 0.325 e. The Kier molecular flexibility index (Phi) is 6.03. The van der Waals surface area contributed by atoms with Crippen molar-refractivity contribution >= 4 is 17.8 Å². The number of carbonyl (C=O) groups is 3. The third-order valence-electron chi connectivity index (χ3n) is 6.25. The lowest BCUT2D eigenvalue weighted by molar-refractivity contribution is -0.132. The second-order valence-electron chi connectivity index (χ2n) is 8.07. The van der Waals surface area contributed by atoms with Gasteiger partial charge in [-0.2, -0.15) is 0 Å². The summed E-state index contributed by atoms with van der Waals surface area (Å²) >= 11 is 0. The zero-order valence-corrected chi connectivity index (χ0v) is 18.3. The fourth-order valence-electron chi connectivity index (χ4n) is 4.35. The summed E-state index contributed by atoms with van der Waals surface area (Å²) in [6.07, 6.45) is 1.39. The molecule has 8 heteroatoms. The van der Waals surface area contributed by atoms with Crippen LogP contribution in [-0.2, 0) is 11.2 Å². The molecule has 0 radical (unpaired) electrons. The number of ether oxygens (including phenoxy) is 2. The number of imide groups is 1. The molecular formula is C24H27N3O5. The van der Waals surface area contributed by atoms with Crippen LogP contribution >= 0.6 is 0 Å². The van der Waals surface area contributed by atoms with Gasteiger partial charge in [0.1, 0.15) is 5.54 Å². The van der Waals surface area contributed by atoms with Crippen LogP contribution in [0.1, 0.15) is 28.8 Å². The van der Waals surface area contributed by atoms with Gasteiger partial charge in [-0.25, -0.2) is 4.79 Å². The molecular weight excluding hydrogens is 410 g/mol. The second kappa shape index (κ2) is 8.90. The predicted octanol–water partition coefficient (Wildman–Crippen LogP) is 2.47. The van der Waals surface area contributed by atoms with E-state index in [1.165, 1.54) is 12.0 Å². The van der Waals surface area contributed by atoms with Gasteiger partial charge in [-0.1, -0.05) is 30.3 Å². The van der Waals surface area contributed by atoms with Gasteiger partial charge in [0.15, 0.2) is 11.5 Å². The summed E-state index contributed by atoms with van der Waals surface area (Å²) in [5, 5.41) is 2.90. The first kappa shape index (κ1) is 21.7. The Hall–Kier alpha value is -3.55. The second-order valence-corrected chi connectivity index (χ2v) is 8.07. The summed E-state index contributed by atoms with van der Waals surface area (Å²) in [6, 6.07) is 14.5. The Labute approximate surface area is 187 Å². The molecule has 2 aromatic carbocycles. The molecule has 32 heavy (non-hydrogen) atoms. The first-order valence-corrected chi connectivity index (χ1v) is 10.7. The fraction of sp³-hybridized carbons (Fsp3) is 0.375. The quantitative estimate of drug-likeness (QED) is 0.702. The van der Waals surface area contributed by atoms with Gasteiger partial charge in [0.2, 0.25) is 0 Å². The Morgan fingerprint density at radius 3 is 2.34 bits per heavy atom. The van der Waals surface area contributed by atoms with E-state index in [4.69, 9.17) is 9.47 Å². The molecule has 2 saturated heterocycles. The molecule has 168 valence electrons. The van der Waals surface area contributed by atoms with Gasteiger partial charge in [0.05, 0.1) is 14.2 Å². The Morgan fingerprint density at radius 2 is 1.69 bits per heavy atom. The van der Waals surface area contributed by atoms with Crippen molar-refractivity contribution in [3.63, 3.8) is 0 Å². The van der Waals surface area contributed by atoms with Crippen molar-refractivity contribution in [1.82, 2.24) is 15.1 Å². The van der Waals surface area contributed by atoms with E-state index in [1.807, 2.05) is 30.3 Å². The van der Waals surface area contributed by atoms with E-state index < -0.39 is 5.54 Å². The first-order chi connectivity index (χ1) is 15.5.